The average molecular weight is 275 g/mol. The normalized spacial score (nSPS) is 32.2. The lowest BCUT2D eigenvalue weighted by atomic mass is 9.79. The Balaban J connectivity index is 1.66. The zero-order valence-electron chi connectivity index (χ0n) is 13.0. The van der Waals surface area contributed by atoms with Gasteiger partial charge < -0.3 is 9.88 Å². The molecule has 0 spiro atoms. The van der Waals surface area contributed by atoms with Gasteiger partial charge in [0, 0.05) is 24.5 Å². The molecule has 1 aromatic heterocycles. The molecule has 1 aromatic rings. The van der Waals surface area contributed by atoms with Crippen LogP contribution in [-0.4, -0.2) is 15.6 Å². The SMILES string of the molecule is CC1CCC(n2ccnc2NC2CCCCC2)CC1C. The number of hydrogen-bond acceptors (Lipinski definition) is 2. The molecule has 3 unspecified atom stereocenters. The quantitative estimate of drug-likeness (QED) is 0.872. The zero-order chi connectivity index (χ0) is 13.9. The maximum atomic E-state index is 4.58. The van der Waals surface area contributed by atoms with Gasteiger partial charge in [-0.3, -0.25) is 0 Å². The first-order valence-electron chi connectivity index (χ1n) is 8.53. The summed E-state index contributed by atoms with van der Waals surface area (Å²) >= 11 is 0. The molecule has 0 aromatic carbocycles. The highest BCUT2D eigenvalue weighted by molar-refractivity contribution is 5.28. The number of hydrogen-bond donors (Lipinski definition) is 1. The van der Waals surface area contributed by atoms with E-state index in [0.29, 0.717) is 12.1 Å². The van der Waals surface area contributed by atoms with Crippen LogP contribution in [0.25, 0.3) is 0 Å². The molecule has 2 aliphatic carbocycles. The fraction of sp³-hybridized carbons (Fsp3) is 0.824. The smallest absolute Gasteiger partial charge is 0.203 e. The fourth-order valence-corrected chi connectivity index (χ4v) is 3.92. The van der Waals surface area contributed by atoms with Gasteiger partial charge in [-0.15, -0.1) is 0 Å². The van der Waals surface area contributed by atoms with E-state index in [1.54, 1.807) is 0 Å². The van der Waals surface area contributed by atoms with Crippen LogP contribution in [0.3, 0.4) is 0 Å². The van der Waals surface area contributed by atoms with Gasteiger partial charge in [-0.25, -0.2) is 4.98 Å². The van der Waals surface area contributed by atoms with Gasteiger partial charge in [0.05, 0.1) is 0 Å². The molecule has 2 aliphatic rings. The van der Waals surface area contributed by atoms with Gasteiger partial charge in [-0.1, -0.05) is 33.1 Å². The van der Waals surface area contributed by atoms with E-state index in [0.717, 1.165) is 17.8 Å². The minimum absolute atomic E-state index is 0.643. The number of aromatic nitrogens is 2. The largest absolute Gasteiger partial charge is 0.353 e. The molecule has 2 fully saturated rings. The minimum Gasteiger partial charge on any atom is -0.353 e. The molecule has 3 heteroatoms. The van der Waals surface area contributed by atoms with Gasteiger partial charge in [0.1, 0.15) is 0 Å². The van der Waals surface area contributed by atoms with Crippen molar-refractivity contribution in [2.45, 2.75) is 77.3 Å². The topological polar surface area (TPSA) is 29.9 Å². The summed E-state index contributed by atoms with van der Waals surface area (Å²) in [7, 11) is 0. The van der Waals surface area contributed by atoms with Crippen molar-refractivity contribution in [3.63, 3.8) is 0 Å². The lowest BCUT2D eigenvalue weighted by Gasteiger charge is -2.34. The molecule has 1 N–H and O–H groups in total. The summed E-state index contributed by atoms with van der Waals surface area (Å²) in [5.74, 6) is 2.83. The highest BCUT2D eigenvalue weighted by Gasteiger charge is 2.27. The van der Waals surface area contributed by atoms with E-state index in [9.17, 15) is 0 Å². The van der Waals surface area contributed by atoms with Gasteiger partial charge in [0.25, 0.3) is 0 Å². The van der Waals surface area contributed by atoms with Gasteiger partial charge in [-0.2, -0.15) is 0 Å². The molecule has 3 atom stereocenters. The summed E-state index contributed by atoms with van der Waals surface area (Å²) in [4.78, 5) is 4.58. The lowest BCUT2D eigenvalue weighted by molar-refractivity contribution is 0.211. The van der Waals surface area contributed by atoms with Crippen molar-refractivity contribution in [2.24, 2.45) is 11.8 Å². The van der Waals surface area contributed by atoms with Gasteiger partial charge in [-0.05, 0) is 43.9 Å². The van der Waals surface area contributed by atoms with E-state index in [1.165, 1.54) is 51.4 Å². The third-order valence-electron chi connectivity index (χ3n) is 5.57. The highest BCUT2D eigenvalue weighted by atomic mass is 15.2. The Labute approximate surface area is 123 Å². The molecule has 1 heterocycles. The van der Waals surface area contributed by atoms with Gasteiger partial charge in [0.2, 0.25) is 5.95 Å². The van der Waals surface area contributed by atoms with Crippen LogP contribution >= 0.6 is 0 Å². The van der Waals surface area contributed by atoms with E-state index >= 15 is 0 Å². The maximum Gasteiger partial charge on any atom is 0.203 e. The lowest BCUT2D eigenvalue weighted by Crippen LogP contribution is -2.27. The zero-order valence-corrected chi connectivity index (χ0v) is 13.0. The van der Waals surface area contributed by atoms with Crippen molar-refractivity contribution in [2.75, 3.05) is 5.32 Å². The third kappa shape index (κ3) is 3.02. The van der Waals surface area contributed by atoms with Crippen LogP contribution in [0.2, 0.25) is 0 Å². The first kappa shape index (κ1) is 14.0. The van der Waals surface area contributed by atoms with Gasteiger partial charge in [0.15, 0.2) is 0 Å². The molecule has 3 rings (SSSR count). The second-order valence-electron chi connectivity index (χ2n) is 7.06. The first-order chi connectivity index (χ1) is 9.74. The predicted molar refractivity (Wildman–Crippen MR) is 83.9 cm³/mol. The number of rotatable bonds is 3. The molecule has 112 valence electrons. The molecule has 20 heavy (non-hydrogen) atoms. The van der Waals surface area contributed by atoms with Crippen LogP contribution in [0.1, 0.15) is 71.3 Å². The Morgan fingerprint density at radius 2 is 1.85 bits per heavy atom. The van der Waals surface area contributed by atoms with Crippen molar-refractivity contribution >= 4 is 5.95 Å². The molecule has 0 aliphatic heterocycles. The number of anilines is 1. The number of imidazole rings is 1. The molecule has 0 saturated heterocycles. The second-order valence-corrected chi connectivity index (χ2v) is 7.06. The molecule has 0 bridgehead atoms. The number of nitrogens with one attached hydrogen (secondary N) is 1. The van der Waals surface area contributed by atoms with Crippen molar-refractivity contribution < 1.29 is 0 Å². The van der Waals surface area contributed by atoms with Crippen LogP contribution in [0.5, 0.6) is 0 Å². The Morgan fingerprint density at radius 1 is 1.05 bits per heavy atom. The number of nitrogens with zero attached hydrogens (tertiary/aromatic N) is 2. The Kier molecular flexibility index (Phi) is 4.32. The standard InChI is InChI=1S/C17H29N3/c1-13-8-9-16(12-14(13)2)20-11-10-18-17(20)19-15-6-4-3-5-7-15/h10-11,13-16H,3-9,12H2,1-2H3,(H,18,19). The van der Waals surface area contributed by atoms with Crippen LogP contribution in [0.15, 0.2) is 12.4 Å². The van der Waals surface area contributed by atoms with Crippen LogP contribution in [0, 0.1) is 11.8 Å². The summed E-state index contributed by atoms with van der Waals surface area (Å²) in [6, 6.07) is 1.29. The van der Waals surface area contributed by atoms with Crippen LogP contribution in [-0.2, 0) is 0 Å². The maximum absolute atomic E-state index is 4.58. The van der Waals surface area contributed by atoms with Crippen molar-refractivity contribution in [3.05, 3.63) is 12.4 Å². The Hall–Kier alpha value is -0.990. The molecule has 3 nitrogen and oxygen atoms in total. The summed E-state index contributed by atoms with van der Waals surface area (Å²) in [6.07, 6.45) is 14.9. The first-order valence-corrected chi connectivity index (χ1v) is 8.53. The second kappa shape index (κ2) is 6.19. The van der Waals surface area contributed by atoms with Crippen molar-refractivity contribution in [1.29, 1.82) is 0 Å². The summed E-state index contributed by atoms with van der Waals surface area (Å²) in [5, 5.41) is 3.70. The molecule has 0 amide bonds. The summed E-state index contributed by atoms with van der Waals surface area (Å²) in [5.41, 5.74) is 0. The highest BCUT2D eigenvalue weighted by Crippen LogP contribution is 2.37. The predicted octanol–water partition coefficient (Wildman–Crippen LogP) is 4.62. The molecular weight excluding hydrogens is 246 g/mol. The van der Waals surface area contributed by atoms with E-state index in [2.05, 4.69) is 34.9 Å². The van der Waals surface area contributed by atoms with Crippen LogP contribution < -0.4 is 5.32 Å². The van der Waals surface area contributed by atoms with E-state index in [1.807, 2.05) is 6.20 Å². The summed E-state index contributed by atoms with van der Waals surface area (Å²) in [6.45, 7) is 4.80. The van der Waals surface area contributed by atoms with Crippen molar-refractivity contribution in [3.8, 4) is 0 Å². The molecule has 0 radical (unpaired) electrons. The van der Waals surface area contributed by atoms with Crippen molar-refractivity contribution in [1.82, 2.24) is 9.55 Å². The Morgan fingerprint density at radius 3 is 2.60 bits per heavy atom. The summed E-state index contributed by atoms with van der Waals surface area (Å²) < 4.78 is 2.41. The third-order valence-corrected chi connectivity index (χ3v) is 5.57. The van der Waals surface area contributed by atoms with E-state index in [-0.39, 0.29) is 0 Å². The van der Waals surface area contributed by atoms with Gasteiger partial charge >= 0.3 is 0 Å². The monoisotopic (exact) mass is 275 g/mol. The molecule has 2 saturated carbocycles. The molecular formula is C17H29N3. The van der Waals surface area contributed by atoms with E-state index < -0.39 is 0 Å². The van der Waals surface area contributed by atoms with Crippen LogP contribution in [0.4, 0.5) is 5.95 Å². The Bertz CT molecular complexity index is 420. The average Bonchev–Trinajstić information content (AvgIpc) is 2.91. The minimum atomic E-state index is 0.643. The fourth-order valence-electron chi connectivity index (χ4n) is 3.92. The van der Waals surface area contributed by atoms with E-state index in [4.69, 9.17) is 0 Å².